The molecule has 0 saturated carbocycles. The molecule has 0 radical (unpaired) electrons. The first-order valence-electron chi connectivity index (χ1n) is 6.21. The number of ether oxygens (including phenoxy) is 2. The van der Waals surface area contributed by atoms with Gasteiger partial charge in [-0.05, 0) is 46.6 Å². The van der Waals surface area contributed by atoms with Crippen LogP contribution in [-0.4, -0.2) is 25.1 Å². The fraction of sp³-hybridized carbons (Fsp3) is 0.200. The second-order valence-corrected chi connectivity index (χ2v) is 5.07. The molecule has 1 aromatic heterocycles. The van der Waals surface area contributed by atoms with Crippen molar-refractivity contribution in [3.63, 3.8) is 0 Å². The highest BCUT2D eigenvalue weighted by Crippen LogP contribution is 2.33. The molecule has 0 aliphatic heterocycles. The summed E-state index contributed by atoms with van der Waals surface area (Å²) >= 11 is 3.26. The van der Waals surface area contributed by atoms with Crippen molar-refractivity contribution in [2.75, 3.05) is 19.5 Å². The second kappa shape index (κ2) is 6.58. The Kier molecular flexibility index (Phi) is 4.80. The van der Waals surface area contributed by atoms with E-state index in [-0.39, 0.29) is 5.91 Å². The number of anilines is 1. The Bertz CT molecular complexity index is 674. The molecule has 5 nitrogen and oxygen atoms in total. The summed E-state index contributed by atoms with van der Waals surface area (Å²) in [6.45, 7) is 1.88. The van der Waals surface area contributed by atoms with Gasteiger partial charge in [-0.3, -0.25) is 4.79 Å². The van der Waals surface area contributed by atoms with Crippen molar-refractivity contribution >= 4 is 27.5 Å². The van der Waals surface area contributed by atoms with E-state index < -0.39 is 0 Å². The second-order valence-electron chi connectivity index (χ2n) is 4.32. The third-order valence-electron chi connectivity index (χ3n) is 2.98. The van der Waals surface area contributed by atoms with Gasteiger partial charge in [-0.1, -0.05) is 0 Å². The number of amides is 1. The molecule has 1 aromatic carbocycles. The Hall–Kier alpha value is -2.08. The molecule has 0 spiro atoms. The van der Waals surface area contributed by atoms with Crippen LogP contribution in [-0.2, 0) is 0 Å². The van der Waals surface area contributed by atoms with Gasteiger partial charge in [0.1, 0.15) is 4.60 Å². The summed E-state index contributed by atoms with van der Waals surface area (Å²) in [7, 11) is 3.12. The number of carbonyl (C=O) groups is 1. The zero-order chi connectivity index (χ0) is 15.4. The lowest BCUT2D eigenvalue weighted by molar-refractivity contribution is 0.102. The fourth-order valence-electron chi connectivity index (χ4n) is 1.86. The lowest BCUT2D eigenvalue weighted by Crippen LogP contribution is -2.14. The molecule has 1 N–H and O–H groups in total. The molecule has 0 atom stereocenters. The molecular formula is C15H15BrN2O3. The van der Waals surface area contributed by atoms with E-state index >= 15 is 0 Å². The van der Waals surface area contributed by atoms with E-state index in [4.69, 9.17) is 9.47 Å². The van der Waals surface area contributed by atoms with Gasteiger partial charge in [0.25, 0.3) is 5.91 Å². The fourth-order valence-corrected chi connectivity index (χ4v) is 2.29. The maximum atomic E-state index is 12.3. The van der Waals surface area contributed by atoms with Gasteiger partial charge in [-0.2, -0.15) is 0 Å². The van der Waals surface area contributed by atoms with E-state index in [0.29, 0.717) is 27.4 Å². The van der Waals surface area contributed by atoms with Gasteiger partial charge in [-0.15, -0.1) is 0 Å². The monoisotopic (exact) mass is 350 g/mol. The minimum absolute atomic E-state index is 0.245. The number of aryl methyl sites for hydroxylation is 1. The van der Waals surface area contributed by atoms with Gasteiger partial charge in [0, 0.05) is 18.0 Å². The Morgan fingerprint density at radius 2 is 1.90 bits per heavy atom. The van der Waals surface area contributed by atoms with Crippen molar-refractivity contribution in [2.45, 2.75) is 6.92 Å². The number of hydrogen-bond donors (Lipinski definition) is 1. The predicted octanol–water partition coefficient (Wildman–Crippen LogP) is 3.42. The quantitative estimate of drug-likeness (QED) is 0.858. The standard InChI is InChI=1S/C15H15BrN2O3/c1-9-7-12(20-2)13(21-3)8-11(9)18-15(19)10-5-4-6-17-14(10)16/h4-8H,1-3H3,(H,18,19). The summed E-state index contributed by atoms with van der Waals surface area (Å²) in [6.07, 6.45) is 1.61. The van der Waals surface area contributed by atoms with E-state index in [2.05, 4.69) is 26.2 Å². The van der Waals surface area contributed by atoms with E-state index in [1.54, 1.807) is 38.6 Å². The summed E-state index contributed by atoms with van der Waals surface area (Å²) in [4.78, 5) is 16.3. The molecule has 0 aliphatic carbocycles. The number of nitrogens with zero attached hydrogens (tertiary/aromatic N) is 1. The number of benzene rings is 1. The molecular weight excluding hydrogens is 336 g/mol. The zero-order valence-electron chi connectivity index (χ0n) is 11.9. The van der Waals surface area contributed by atoms with Crippen molar-refractivity contribution in [1.82, 2.24) is 4.98 Å². The van der Waals surface area contributed by atoms with Gasteiger partial charge in [0.15, 0.2) is 11.5 Å². The SMILES string of the molecule is COc1cc(C)c(NC(=O)c2cccnc2Br)cc1OC. The molecule has 0 unspecified atom stereocenters. The van der Waals surface area contributed by atoms with Gasteiger partial charge in [0.2, 0.25) is 0 Å². The summed E-state index contributed by atoms with van der Waals surface area (Å²) in [6, 6.07) is 6.95. The Balaban J connectivity index is 2.31. The van der Waals surface area contributed by atoms with Gasteiger partial charge in [0.05, 0.1) is 19.8 Å². The van der Waals surface area contributed by atoms with Crippen molar-refractivity contribution < 1.29 is 14.3 Å². The summed E-state index contributed by atoms with van der Waals surface area (Å²) < 4.78 is 11.0. The molecule has 0 aliphatic rings. The Morgan fingerprint density at radius 1 is 1.24 bits per heavy atom. The summed E-state index contributed by atoms with van der Waals surface area (Å²) in [5, 5.41) is 2.85. The number of halogens is 1. The molecule has 0 fully saturated rings. The molecule has 0 bridgehead atoms. The Labute approximate surface area is 131 Å². The van der Waals surface area contributed by atoms with Crippen LogP contribution < -0.4 is 14.8 Å². The molecule has 6 heteroatoms. The number of nitrogens with one attached hydrogen (secondary N) is 1. The number of carbonyl (C=O) groups excluding carboxylic acids is 1. The predicted molar refractivity (Wildman–Crippen MR) is 84.2 cm³/mol. The van der Waals surface area contributed by atoms with E-state index in [0.717, 1.165) is 5.56 Å². The van der Waals surface area contributed by atoms with Crippen LogP contribution in [0.3, 0.4) is 0 Å². The largest absolute Gasteiger partial charge is 0.493 e. The highest BCUT2D eigenvalue weighted by Gasteiger charge is 2.14. The third-order valence-corrected chi connectivity index (χ3v) is 3.61. The first kappa shape index (κ1) is 15.3. The summed E-state index contributed by atoms with van der Waals surface area (Å²) in [5.41, 5.74) is 2.00. The van der Waals surface area contributed by atoms with Crippen LogP contribution in [0.15, 0.2) is 35.1 Å². The van der Waals surface area contributed by atoms with Gasteiger partial charge in [-0.25, -0.2) is 4.98 Å². The number of pyridine rings is 1. The van der Waals surface area contributed by atoms with Crippen molar-refractivity contribution in [3.8, 4) is 11.5 Å². The van der Waals surface area contributed by atoms with Crippen molar-refractivity contribution in [2.24, 2.45) is 0 Å². The minimum atomic E-state index is -0.245. The topological polar surface area (TPSA) is 60.5 Å². The molecule has 21 heavy (non-hydrogen) atoms. The average Bonchev–Trinajstić information content (AvgIpc) is 2.49. The molecule has 2 rings (SSSR count). The number of hydrogen-bond acceptors (Lipinski definition) is 4. The average molecular weight is 351 g/mol. The number of methoxy groups -OCH3 is 2. The molecule has 1 heterocycles. The molecule has 110 valence electrons. The van der Waals surface area contributed by atoms with Crippen LogP contribution >= 0.6 is 15.9 Å². The van der Waals surface area contributed by atoms with Crippen LogP contribution in [0.25, 0.3) is 0 Å². The third kappa shape index (κ3) is 3.33. The first-order valence-corrected chi connectivity index (χ1v) is 7.00. The van der Waals surface area contributed by atoms with E-state index in [1.165, 1.54) is 0 Å². The van der Waals surface area contributed by atoms with Gasteiger partial charge < -0.3 is 14.8 Å². The zero-order valence-corrected chi connectivity index (χ0v) is 13.5. The van der Waals surface area contributed by atoms with E-state index in [1.807, 2.05) is 13.0 Å². The summed E-state index contributed by atoms with van der Waals surface area (Å²) in [5.74, 6) is 0.935. The Morgan fingerprint density at radius 3 is 2.52 bits per heavy atom. The minimum Gasteiger partial charge on any atom is -0.493 e. The van der Waals surface area contributed by atoms with Crippen molar-refractivity contribution in [1.29, 1.82) is 0 Å². The maximum absolute atomic E-state index is 12.3. The van der Waals surface area contributed by atoms with Crippen LogP contribution in [0.5, 0.6) is 11.5 Å². The number of rotatable bonds is 4. The van der Waals surface area contributed by atoms with Gasteiger partial charge >= 0.3 is 0 Å². The maximum Gasteiger partial charge on any atom is 0.258 e. The first-order chi connectivity index (χ1) is 10.1. The lowest BCUT2D eigenvalue weighted by Gasteiger charge is -2.14. The normalized spacial score (nSPS) is 10.1. The lowest BCUT2D eigenvalue weighted by atomic mass is 10.1. The van der Waals surface area contributed by atoms with Crippen LogP contribution in [0, 0.1) is 6.92 Å². The van der Waals surface area contributed by atoms with Crippen LogP contribution in [0.4, 0.5) is 5.69 Å². The highest BCUT2D eigenvalue weighted by molar-refractivity contribution is 9.10. The van der Waals surface area contributed by atoms with E-state index in [9.17, 15) is 4.79 Å². The molecule has 0 saturated heterocycles. The smallest absolute Gasteiger partial charge is 0.258 e. The molecule has 2 aromatic rings. The van der Waals surface area contributed by atoms with Crippen molar-refractivity contribution in [3.05, 3.63) is 46.2 Å². The van der Waals surface area contributed by atoms with Crippen LogP contribution in [0.2, 0.25) is 0 Å². The number of aromatic nitrogens is 1. The van der Waals surface area contributed by atoms with Crippen LogP contribution in [0.1, 0.15) is 15.9 Å². The molecule has 1 amide bonds. The highest BCUT2D eigenvalue weighted by atomic mass is 79.9.